The van der Waals surface area contributed by atoms with Gasteiger partial charge >= 0.3 is 0 Å². The van der Waals surface area contributed by atoms with E-state index in [1.54, 1.807) is 6.20 Å². The number of amides is 1. The Kier molecular flexibility index (Phi) is 4.76. The van der Waals surface area contributed by atoms with E-state index in [2.05, 4.69) is 20.3 Å². The Morgan fingerprint density at radius 3 is 2.69 bits per heavy atom. The lowest BCUT2D eigenvalue weighted by atomic mass is 10.0. The van der Waals surface area contributed by atoms with Gasteiger partial charge in [0.15, 0.2) is 5.69 Å². The highest BCUT2D eigenvalue weighted by molar-refractivity contribution is 5.84. The van der Waals surface area contributed by atoms with E-state index in [-0.39, 0.29) is 11.6 Å². The summed E-state index contributed by atoms with van der Waals surface area (Å²) in [5.74, 6) is -0.111. The van der Waals surface area contributed by atoms with Crippen LogP contribution in [0.1, 0.15) is 19.5 Å². The Balaban J connectivity index is 2.05. The molecule has 1 atom stereocenters. The molecule has 130 valence electrons. The molecule has 0 unspecified atom stereocenters. The van der Waals surface area contributed by atoms with Gasteiger partial charge in [0.2, 0.25) is 5.91 Å². The number of para-hydroxylation sites is 1. The van der Waals surface area contributed by atoms with E-state index in [9.17, 15) is 10.1 Å². The topological polar surface area (TPSA) is 118 Å². The number of nitrogens with zero attached hydrogens (tertiary/aromatic N) is 4. The van der Waals surface area contributed by atoms with Crippen molar-refractivity contribution in [3.63, 3.8) is 0 Å². The van der Waals surface area contributed by atoms with Crippen LogP contribution in [0, 0.1) is 17.2 Å². The SMILES string of the molecule is CC(C)[C@@H](Nc1cnc(C#N)c(-c2cnc3ccccc3c2)n1)C(N)=O. The van der Waals surface area contributed by atoms with E-state index in [0.717, 1.165) is 10.9 Å². The first-order valence-electron chi connectivity index (χ1n) is 8.17. The molecule has 0 aliphatic heterocycles. The second kappa shape index (κ2) is 7.15. The number of hydrogen-bond donors (Lipinski definition) is 2. The molecule has 0 bridgehead atoms. The number of aromatic nitrogens is 3. The van der Waals surface area contributed by atoms with Gasteiger partial charge in [0.25, 0.3) is 0 Å². The number of hydrogen-bond acceptors (Lipinski definition) is 6. The molecule has 3 rings (SSSR count). The number of nitriles is 1. The van der Waals surface area contributed by atoms with Crippen molar-refractivity contribution in [1.82, 2.24) is 15.0 Å². The quantitative estimate of drug-likeness (QED) is 0.733. The molecule has 0 spiro atoms. The summed E-state index contributed by atoms with van der Waals surface area (Å²) < 4.78 is 0. The van der Waals surface area contributed by atoms with E-state index < -0.39 is 11.9 Å². The largest absolute Gasteiger partial charge is 0.368 e. The van der Waals surface area contributed by atoms with Crippen LogP contribution in [0.25, 0.3) is 22.2 Å². The number of nitrogens with one attached hydrogen (secondary N) is 1. The number of carbonyl (C=O) groups is 1. The molecule has 0 radical (unpaired) electrons. The van der Waals surface area contributed by atoms with Gasteiger partial charge in [-0.3, -0.25) is 9.78 Å². The van der Waals surface area contributed by atoms with E-state index in [1.807, 2.05) is 50.2 Å². The molecule has 1 amide bonds. The van der Waals surface area contributed by atoms with Crippen LogP contribution in [0.3, 0.4) is 0 Å². The number of primary amides is 1. The highest BCUT2D eigenvalue weighted by Crippen LogP contribution is 2.24. The third-order valence-electron chi connectivity index (χ3n) is 4.02. The summed E-state index contributed by atoms with van der Waals surface area (Å²) in [5.41, 5.74) is 7.56. The van der Waals surface area contributed by atoms with Crippen molar-refractivity contribution < 1.29 is 4.79 Å². The zero-order valence-corrected chi connectivity index (χ0v) is 14.5. The monoisotopic (exact) mass is 346 g/mol. The number of pyridine rings is 1. The Bertz CT molecular complexity index is 1010. The highest BCUT2D eigenvalue weighted by Gasteiger charge is 2.20. The maximum absolute atomic E-state index is 11.6. The lowest BCUT2D eigenvalue weighted by molar-refractivity contribution is -0.119. The lowest BCUT2D eigenvalue weighted by Crippen LogP contribution is -2.39. The van der Waals surface area contributed by atoms with Crippen LogP contribution in [0.15, 0.2) is 42.7 Å². The Hall–Kier alpha value is -3.53. The minimum absolute atomic E-state index is 0.0178. The molecular weight excluding hydrogens is 328 g/mol. The van der Waals surface area contributed by atoms with Crippen molar-refractivity contribution in [2.75, 3.05) is 5.32 Å². The Morgan fingerprint density at radius 1 is 1.23 bits per heavy atom. The summed E-state index contributed by atoms with van der Waals surface area (Å²) in [6.45, 7) is 3.77. The molecule has 2 heterocycles. The maximum atomic E-state index is 11.6. The van der Waals surface area contributed by atoms with Crippen LogP contribution < -0.4 is 11.1 Å². The predicted molar refractivity (Wildman–Crippen MR) is 98.9 cm³/mol. The highest BCUT2D eigenvalue weighted by atomic mass is 16.1. The first kappa shape index (κ1) is 17.3. The molecule has 26 heavy (non-hydrogen) atoms. The van der Waals surface area contributed by atoms with Crippen molar-refractivity contribution in [2.24, 2.45) is 11.7 Å². The minimum atomic E-state index is -0.584. The molecule has 1 aromatic carbocycles. The van der Waals surface area contributed by atoms with Crippen LogP contribution in [-0.4, -0.2) is 26.9 Å². The number of benzene rings is 1. The fourth-order valence-corrected chi connectivity index (χ4v) is 2.67. The predicted octanol–water partition coefficient (Wildman–Crippen LogP) is 2.49. The maximum Gasteiger partial charge on any atom is 0.240 e. The first-order chi connectivity index (χ1) is 12.5. The summed E-state index contributed by atoms with van der Waals surface area (Å²) in [7, 11) is 0. The Morgan fingerprint density at radius 2 is 2.00 bits per heavy atom. The Labute approximate surface area is 150 Å². The van der Waals surface area contributed by atoms with Crippen molar-refractivity contribution in [3.05, 3.63) is 48.4 Å². The van der Waals surface area contributed by atoms with E-state index >= 15 is 0 Å². The second-order valence-electron chi connectivity index (χ2n) is 6.25. The molecule has 2 aromatic heterocycles. The van der Waals surface area contributed by atoms with Gasteiger partial charge in [0.1, 0.15) is 23.6 Å². The van der Waals surface area contributed by atoms with Gasteiger partial charge in [-0.1, -0.05) is 32.0 Å². The average molecular weight is 346 g/mol. The lowest BCUT2D eigenvalue weighted by Gasteiger charge is -2.19. The molecule has 0 saturated carbocycles. The minimum Gasteiger partial charge on any atom is -0.368 e. The molecule has 0 aliphatic carbocycles. The van der Waals surface area contributed by atoms with Crippen molar-refractivity contribution in [3.8, 4) is 17.3 Å². The molecule has 7 nitrogen and oxygen atoms in total. The van der Waals surface area contributed by atoms with Crippen molar-refractivity contribution in [1.29, 1.82) is 5.26 Å². The van der Waals surface area contributed by atoms with Crippen LogP contribution in [-0.2, 0) is 4.79 Å². The molecule has 7 heteroatoms. The van der Waals surface area contributed by atoms with Crippen LogP contribution >= 0.6 is 0 Å². The smallest absolute Gasteiger partial charge is 0.240 e. The number of fused-ring (bicyclic) bond motifs is 1. The van der Waals surface area contributed by atoms with Crippen molar-refractivity contribution >= 4 is 22.6 Å². The zero-order valence-electron chi connectivity index (χ0n) is 14.5. The number of anilines is 1. The third-order valence-corrected chi connectivity index (χ3v) is 4.02. The fourth-order valence-electron chi connectivity index (χ4n) is 2.67. The summed E-state index contributed by atoms with van der Waals surface area (Å²) in [6, 6.07) is 11.1. The van der Waals surface area contributed by atoms with E-state index in [1.165, 1.54) is 6.20 Å². The van der Waals surface area contributed by atoms with Gasteiger partial charge in [-0.15, -0.1) is 0 Å². The van der Waals surface area contributed by atoms with E-state index in [0.29, 0.717) is 17.1 Å². The van der Waals surface area contributed by atoms with Gasteiger partial charge in [-0.25, -0.2) is 9.97 Å². The number of carbonyl (C=O) groups excluding carboxylic acids is 1. The van der Waals surface area contributed by atoms with Crippen LogP contribution in [0.4, 0.5) is 5.82 Å². The van der Waals surface area contributed by atoms with Crippen LogP contribution in [0.5, 0.6) is 0 Å². The van der Waals surface area contributed by atoms with Gasteiger partial charge in [-0.2, -0.15) is 5.26 Å². The molecular formula is C19H18N6O. The normalized spacial score (nSPS) is 11.9. The fraction of sp³-hybridized carbons (Fsp3) is 0.211. The van der Waals surface area contributed by atoms with Crippen molar-refractivity contribution in [2.45, 2.75) is 19.9 Å². The van der Waals surface area contributed by atoms with E-state index in [4.69, 9.17) is 5.73 Å². The summed E-state index contributed by atoms with van der Waals surface area (Å²) >= 11 is 0. The zero-order chi connectivity index (χ0) is 18.7. The van der Waals surface area contributed by atoms with Gasteiger partial charge in [0, 0.05) is 17.1 Å². The molecule has 0 saturated heterocycles. The van der Waals surface area contributed by atoms with Gasteiger partial charge < -0.3 is 11.1 Å². The summed E-state index contributed by atoms with van der Waals surface area (Å²) in [5, 5.41) is 13.3. The number of nitrogens with two attached hydrogens (primary N) is 1. The standard InChI is InChI=1S/C19H18N6O/c1-11(2)17(19(21)26)24-16-10-23-15(8-20)18(25-16)13-7-12-5-3-4-6-14(12)22-9-13/h3-7,9-11,17H,1-2H3,(H2,21,26)(H,24,25)/t17-/m1/s1. The third kappa shape index (κ3) is 3.44. The molecule has 3 N–H and O–H groups in total. The first-order valence-corrected chi connectivity index (χ1v) is 8.17. The second-order valence-corrected chi connectivity index (χ2v) is 6.25. The van der Waals surface area contributed by atoms with Gasteiger partial charge in [0.05, 0.1) is 11.7 Å². The molecule has 0 fully saturated rings. The average Bonchev–Trinajstić information content (AvgIpc) is 2.65. The molecule has 0 aliphatic rings. The summed E-state index contributed by atoms with van der Waals surface area (Å²) in [6.07, 6.45) is 3.08. The van der Waals surface area contributed by atoms with Crippen LogP contribution in [0.2, 0.25) is 0 Å². The summed E-state index contributed by atoms with van der Waals surface area (Å²) in [4.78, 5) is 24.7. The van der Waals surface area contributed by atoms with Gasteiger partial charge in [-0.05, 0) is 18.1 Å². The number of rotatable bonds is 5. The molecule has 3 aromatic rings.